The van der Waals surface area contributed by atoms with Crippen molar-refractivity contribution in [2.45, 2.75) is 75.9 Å². The van der Waals surface area contributed by atoms with Crippen LogP contribution in [-0.4, -0.2) is 121 Å². The van der Waals surface area contributed by atoms with Crippen molar-refractivity contribution in [1.82, 2.24) is 20.0 Å². The minimum absolute atomic E-state index is 0.00540. The first kappa shape index (κ1) is 36.7. The van der Waals surface area contributed by atoms with Crippen LogP contribution in [0.25, 0.3) is 0 Å². The van der Waals surface area contributed by atoms with Crippen LogP contribution in [0.2, 0.25) is 0 Å². The molecule has 16 heteroatoms. The molecular formula is C26H38N4O12-6. The van der Waals surface area contributed by atoms with Gasteiger partial charge in [0.15, 0.2) is 0 Å². The second kappa shape index (κ2) is 19.7. The molecule has 1 saturated heterocycles. The van der Waals surface area contributed by atoms with Crippen LogP contribution in [0.15, 0.2) is 0 Å². The molecule has 3 atom stereocenters. The third-order valence-electron chi connectivity index (χ3n) is 7.21. The molecule has 1 rings (SSSR count). The maximum Gasteiger partial charge on any atom is 0.0586 e. The van der Waals surface area contributed by atoms with Crippen LogP contribution in [-0.2, 0) is 28.8 Å². The van der Waals surface area contributed by atoms with Gasteiger partial charge in [0.25, 0.3) is 0 Å². The van der Waals surface area contributed by atoms with E-state index in [9.17, 15) is 59.4 Å². The lowest BCUT2D eigenvalue weighted by atomic mass is 10.1. The number of carboxylic acids is 6. The van der Waals surface area contributed by atoms with Crippen LogP contribution in [0.5, 0.6) is 0 Å². The lowest BCUT2D eigenvalue weighted by Crippen LogP contribution is -2.57. The zero-order valence-electron chi connectivity index (χ0n) is 23.5. The Labute approximate surface area is 243 Å². The summed E-state index contributed by atoms with van der Waals surface area (Å²) in [5.41, 5.74) is 0. The molecule has 0 radical (unpaired) electrons. The lowest BCUT2D eigenvalue weighted by Gasteiger charge is -2.40. The van der Waals surface area contributed by atoms with Crippen molar-refractivity contribution in [3.8, 4) is 0 Å². The van der Waals surface area contributed by atoms with E-state index in [-0.39, 0.29) is 104 Å². The van der Waals surface area contributed by atoms with E-state index < -0.39 is 60.4 Å². The van der Waals surface area contributed by atoms with Gasteiger partial charge in [-0.25, -0.2) is 0 Å². The van der Waals surface area contributed by atoms with E-state index in [1.165, 1.54) is 14.7 Å². The fraction of sp³-hybridized carbons (Fsp3) is 0.769. The normalized spacial score (nSPS) is 18.6. The molecule has 0 aromatic carbocycles. The Balaban J connectivity index is 3.24. The molecule has 0 amide bonds. The maximum absolute atomic E-state index is 12.1. The summed E-state index contributed by atoms with van der Waals surface area (Å²) in [4.78, 5) is 73.1. The van der Waals surface area contributed by atoms with E-state index in [0.717, 1.165) is 0 Å². The predicted octanol–water partition coefficient (Wildman–Crippen LogP) is -8.39. The van der Waals surface area contributed by atoms with Gasteiger partial charge in [0, 0.05) is 88.4 Å². The molecule has 0 saturated carbocycles. The SMILES string of the molecule is O=C([O-])CCC[C@H](C(=O)[O-])N1CCNCCN([C@@H](CCCC(=O)[O-])C(=O)[O-])CCN([C@H](CCCC(=O)[O-])C(=O)[O-])CC1. The Morgan fingerprint density at radius 3 is 0.976 bits per heavy atom. The summed E-state index contributed by atoms with van der Waals surface area (Å²) >= 11 is 0. The maximum atomic E-state index is 12.1. The van der Waals surface area contributed by atoms with Crippen LogP contribution in [0.4, 0.5) is 0 Å². The smallest absolute Gasteiger partial charge is 0.0586 e. The number of nitrogens with zero attached hydrogens (tertiary/aromatic N) is 3. The molecule has 0 aromatic rings. The average Bonchev–Trinajstić information content (AvgIpc) is 2.87. The monoisotopic (exact) mass is 598 g/mol. The van der Waals surface area contributed by atoms with Gasteiger partial charge in [0.1, 0.15) is 0 Å². The highest BCUT2D eigenvalue weighted by Gasteiger charge is 2.27. The molecule has 1 aliphatic rings. The summed E-state index contributed by atoms with van der Waals surface area (Å²) in [6.45, 7) is 0.715. The van der Waals surface area contributed by atoms with Crippen molar-refractivity contribution >= 4 is 35.8 Å². The summed E-state index contributed by atoms with van der Waals surface area (Å²) in [5, 5.41) is 71.7. The Morgan fingerprint density at radius 1 is 0.476 bits per heavy atom. The van der Waals surface area contributed by atoms with Crippen LogP contribution >= 0.6 is 0 Å². The third kappa shape index (κ3) is 14.5. The molecule has 1 aliphatic heterocycles. The van der Waals surface area contributed by atoms with Crippen molar-refractivity contribution < 1.29 is 59.4 Å². The van der Waals surface area contributed by atoms with Crippen molar-refractivity contribution in [2.24, 2.45) is 0 Å². The molecule has 0 bridgehead atoms. The van der Waals surface area contributed by atoms with Crippen molar-refractivity contribution in [1.29, 1.82) is 0 Å². The third-order valence-corrected chi connectivity index (χ3v) is 7.21. The van der Waals surface area contributed by atoms with E-state index in [4.69, 9.17) is 0 Å². The first-order valence-electron chi connectivity index (χ1n) is 14.0. The van der Waals surface area contributed by atoms with Gasteiger partial charge < -0.3 is 64.7 Å². The zero-order chi connectivity index (χ0) is 31.7. The minimum Gasteiger partial charge on any atom is -0.550 e. The van der Waals surface area contributed by atoms with Crippen LogP contribution in [0.3, 0.4) is 0 Å². The number of carbonyl (C=O) groups excluding carboxylic acids is 6. The first-order chi connectivity index (χ1) is 19.8. The van der Waals surface area contributed by atoms with Crippen LogP contribution < -0.4 is 36.0 Å². The molecule has 1 fully saturated rings. The average molecular weight is 599 g/mol. The van der Waals surface area contributed by atoms with Crippen LogP contribution in [0, 0.1) is 0 Å². The molecule has 240 valence electrons. The summed E-state index contributed by atoms with van der Waals surface area (Å²) in [5.74, 6) is -8.40. The van der Waals surface area contributed by atoms with Crippen molar-refractivity contribution in [3.63, 3.8) is 0 Å². The second-order valence-electron chi connectivity index (χ2n) is 10.2. The largest absolute Gasteiger partial charge is 0.550 e. The quantitative estimate of drug-likeness (QED) is 0.153. The first-order valence-corrected chi connectivity index (χ1v) is 14.0. The standard InChI is InChI=1S/C26H44N4O12/c31-21(32)7-1-4-18(24(37)38)28-12-10-27-11-13-29(19(25(39)40)5-2-8-22(33)34)15-17-30(16-14-28)20(26(41)42)6-3-9-23(35)36/h18-20,27H,1-17H2,(H,31,32)(H,33,34)(H,35,36)(H,37,38)(H,39,40)(H,41,42)/p-6/t18-,19+,20-/m1/s1. The summed E-state index contributed by atoms with van der Waals surface area (Å²) in [6, 6.07) is -3.66. The number of aliphatic carboxylic acids is 6. The summed E-state index contributed by atoms with van der Waals surface area (Å²) in [7, 11) is 0. The molecule has 1 heterocycles. The Bertz CT molecular complexity index is 866. The molecule has 1 N–H and O–H groups in total. The number of carbonyl (C=O) groups is 6. The van der Waals surface area contributed by atoms with Gasteiger partial charge in [0.2, 0.25) is 0 Å². The van der Waals surface area contributed by atoms with E-state index in [1.54, 1.807) is 0 Å². The number of nitrogens with one attached hydrogen (secondary N) is 1. The molecule has 16 nitrogen and oxygen atoms in total. The molecule has 42 heavy (non-hydrogen) atoms. The van der Waals surface area contributed by atoms with Gasteiger partial charge in [-0.2, -0.15) is 0 Å². The fourth-order valence-corrected chi connectivity index (χ4v) is 5.02. The minimum atomic E-state index is -1.50. The number of rotatable bonds is 18. The number of hydrogen-bond donors (Lipinski definition) is 1. The van der Waals surface area contributed by atoms with Gasteiger partial charge in [0.05, 0.1) is 17.9 Å². The topological polar surface area (TPSA) is 263 Å². The summed E-state index contributed by atoms with van der Waals surface area (Å²) in [6.07, 6.45) is -1.39. The predicted molar refractivity (Wildman–Crippen MR) is 131 cm³/mol. The van der Waals surface area contributed by atoms with E-state index in [2.05, 4.69) is 5.32 Å². The Morgan fingerprint density at radius 2 is 0.738 bits per heavy atom. The van der Waals surface area contributed by atoms with E-state index >= 15 is 0 Å². The molecular weight excluding hydrogens is 560 g/mol. The molecule has 0 unspecified atom stereocenters. The van der Waals surface area contributed by atoms with E-state index in [0.29, 0.717) is 0 Å². The highest BCUT2D eigenvalue weighted by atomic mass is 16.4. The lowest BCUT2D eigenvalue weighted by molar-refractivity contribution is -0.315. The van der Waals surface area contributed by atoms with Gasteiger partial charge in [-0.1, -0.05) is 0 Å². The Hall–Kier alpha value is -3.34. The molecule has 0 spiro atoms. The van der Waals surface area contributed by atoms with Crippen LogP contribution in [0.1, 0.15) is 57.8 Å². The number of hydrogen-bond acceptors (Lipinski definition) is 16. The molecule has 0 aliphatic carbocycles. The van der Waals surface area contributed by atoms with Gasteiger partial charge in [-0.3, -0.25) is 14.7 Å². The molecule has 0 aromatic heterocycles. The fourth-order valence-electron chi connectivity index (χ4n) is 5.02. The summed E-state index contributed by atoms with van der Waals surface area (Å²) < 4.78 is 0. The Kier molecular flexibility index (Phi) is 17.2. The van der Waals surface area contributed by atoms with E-state index in [1.807, 2.05) is 0 Å². The highest BCUT2D eigenvalue weighted by Crippen LogP contribution is 2.15. The van der Waals surface area contributed by atoms with Gasteiger partial charge >= 0.3 is 0 Å². The van der Waals surface area contributed by atoms with Crippen molar-refractivity contribution in [3.05, 3.63) is 0 Å². The zero-order valence-corrected chi connectivity index (χ0v) is 23.5. The number of carboxylic acid groups (broad SMARTS) is 6. The highest BCUT2D eigenvalue weighted by molar-refractivity contribution is 5.72. The second-order valence-corrected chi connectivity index (χ2v) is 10.2. The van der Waals surface area contributed by atoms with Crippen molar-refractivity contribution in [2.75, 3.05) is 52.4 Å². The van der Waals surface area contributed by atoms with Gasteiger partial charge in [-0.05, 0) is 57.8 Å². The van der Waals surface area contributed by atoms with Gasteiger partial charge in [-0.15, -0.1) is 0 Å².